The van der Waals surface area contributed by atoms with Crippen LogP contribution in [0.1, 0.15) is 16.7 Å². The number of hydrogen-bond acceptors (Lipinski definition) is 3. The molecule has 0 aliphatic rings. The van der Waals surface area contributed by atoms with Gasteiger partial charge in [-0.1, -0.05) is 24.0 Å². The molecular weight excluding hydrogens is 267 g/mol. The standard InChI is InChI=1S/C17H13FN2O/c18-17-14(11-20)4-1-5-15(17)12-21-16-8-6-13(7-9-16)3-2-10-19/h1,4-9H,10,12,19H2. The van der Waals surface area contributed by atoms with Crippen molar-refractivity contribution in [3.8, 4) is 23.7 Å². The maximum absolute atomic E-state index is 13.8. The van der Waals surface area contributed by atoms with Gasteiger partial charge in [-0.2, -0.15) is 5.26 Å². The van der Waals surface area contributed by atoms with Crippen molar-refractivity contribution < 1.29 is 9.13 Å². The summed E-state index contributed by atoms with van der Waals surface area (Å²) in [5, 5.41) is 8.78. The van der Waals surface area contributed by atoms with Crippen LogP contribution in [0.4, 0.5) is 4.39 Å². The maximum atomic E-state index is 13.8. The highest BCUT2D eigenvalue weighted by Crippen LogP contribution is 2.17. The van der Waals surface area contributed by atoms with Gasteiger partial charge in [-0.25, -0.2) is 4.39 Å². The molecule has 0 spiro atoms. The largest absolute Gasteiger partial charge is 0.489 e. The highest BCUT2D eigenvalue weighted by molar-refractivity contribution is 5.39. The van der Waals surface area contributed by atoms with Crippen molar-refractivity contribution >= 4 is 0 Å². The quantitative estimate of drug-likeness (QED) is 0.879. The van der Waals surface area contributed by atoms with Crippen molar-refractivity contribution in [1.29, 1.82) is 5.26 Å². The lowest BCUT2D eigenvalue weighted by Gasteiger charge is -2.07. The number of nitrogens with two attached hydrogens (primary N) is 1. The molecule has 104 valence electrons. The van der Waals surface area contributed by atoms with Gasteiger partial charge in [0.05, 0.1) is 12.1 Å². The Bertz CT molecular complexity index is 721. The third-order valence-corrected chi connectivity index (χ3v) is 2.78. The van der Waals surface area contributed by atoms with Crippen molar-refractivity contribution in [3.63, 3.8) is 0 Å². The first kappa shape index (κ1) is 14.6. The number of ether oxygens (including phenoxy) is 1. The maximum Gasteiger partial charge on any atom is 0.147 e. The summed E-state index contributed by atoms with van der Waals surface area (Å²) in [6.07, 6.45) is 0. The van der Waals surface area contributed by atoms with Crippen LogP contribution in [0.25, 0.3) is 0 Å². The van der Waals surface area contributed by atoms with Crippen LogP contribution < -0.4 is 10.5 Å². The first-order chi connectivity index (χ1) is 10.2. The molecular formula is C17H13FN2O. The molecule has 0 saturated carbocycles. The fraction of sp³-hybridized carbons (Fsp3) is 0.118. The minimum absolute atomic E-state index is 0.0171. The van der Waals surface area contributed by atoms with Gasteiger partial charge in [0.15, 0.2) is 0 Å². The number of hydrogen-bond donors (Lipinski definition) is 1. The van der Waals surface area contributed by atoms with Crippen LogP contribution in [0.15, 0.2) is 42.5 Å². The van der Waals surface area contributed by atoms with E-state index in [1.165, 1.54) is 6.07 Å². The number of rotatable bonds is 3. The second kappa shape index (κ2) is 7.09. The molecule has 0 saturated heterocycles. The molecule has 0 aromatic heterocycles. The van der Waals surface area contributed by atoms with Crippen molar-refractivity contribution in [3.05, 3.63) is 65.0 Å². The lowest BCUT2D eigenvalue weighted by Crippen LogP contribution is -2.00. The minimum atomic E-state index is -0.537. The van der Waals surface area contributed by atoms with Gasteiger partial charge in [-0.05, 0) is 30.3 Å². The molecule has 4 heteroatoms. The highest BCUT2D eigenvalue weighted by Gasteiger charge is 2.07. The van der Waals surface area contributed by atoms with Crippen LogP contribution in [0.5, 0.6) is 5.75 Å². The Morgan fingerprint density at radius 2 is 1.90 bits per heavy atom. The summed E-state index contributed by atoms with van der Waals surface area (Å²) in [6.45, 7) is 0.377. The Labute approximate surface area is 122 Å². The van der Waals surface area contributed by atoms with Gasteiger partial charge in [0.25, 0.3) is 0 Å². The molecule has 0 unspecified atom stereocenters. The molecule has 0 aliphatic heterocycles. The summed E-state index contributed by atoms with van der Waals surface area (Å²) < 4.78 is 19.4. The van der Waals surface area contributed by atoms with Crippen LogP contribution in [-0.4, -0.2) is 6.54 Å². The molecule has 2 N–H and O–H groups in total. The number of nitriles is 1. The third kappa shape index (κ3) is 3.82. The van der Waals surface area contributed by atoms with E-state index in [4.69, 9.17) is 15.7 Å². The summed E-state index contributed by atoms with van der Waals surface area (Å²) in [6, 6.07) is 13.6. The molecule has 0 amide bonds. The average Bonchev–Trinajstić information content (AvgIpc) is 2.53. The average molecular weight is 280 g/mol. The van der Waals surface area contributed by atoms with E-state index in [-0.39, 0.29) is 12.2 Å². The van der Waals surface area contributed by atoms with Gasteiger partial charge in [-0.15, -0.1) is 0 Å². The van der Waals surface area contributed by atoms with Gasteiger partial charge in [0.2, 0.25) is 0 Å². The third-order valence-electron chi connectivity index (χ3n) is 2.78. The molecule has 0 bridgehead atoms. The molecule has 21 heavy (non-hydrogen) atoms. The van der Waals surface area contributed by atoms with Crippen LogP contribution >= 0.6 is 0 Å². The zero-order valence-corrected chi connectivity index (χ0v) is 11.3. The Hall–Kier alpha value is -2.82. The fourth-order valence-corrected chi connectivity index (χ4v) is 1.73. The van der Waals surface area contributed by atoms with E-state index in [1.54, 1.807) is 42.5 Å². The second-order valence-corrected chi connectivity index (χ2v) is 4.21. The smallest absolute Gasteiger partial charge is 0.147 e. The number of halogens is 1. The van der Waals surface area contributed by atoms with E-state index in [1.807, 2.05) is 0 Å². The zero-order chi connectivity index (χ0) is 15.1. The molecule has 2 rings (SSSR count). The van der Waals surface area contributed by atoms with Crippen LogP contribution in [0, 0.1) is 29.0 Å². The molecule has 0 radical (unpaired) electrons. The topological polar surface area (TPSA) is 59.0 Å². The summed E-state index contributed by atoms with van der Waals surface area (Å²) in [5.74, 6) is 5.73. The summed E-state index contributed by atoms with van der Waals surface area (Å²) >= 11 is 0. The van der Waals surface area contributed by atoms with Crippen molar-refractivity contribution in [2.24, 2.45) is 5.73 Å². The Kier molecular flexibility index (Phi) is 4.93. The molecule has 0 atom stereocenters. The zero-order valence-electron chi connectivity index (χ0n) is 11.3. The highest BCUT2D eigenvalue weighted by atomic mass is 19.1. The van der Waals surface area contributed by atoms with Gasteiger partial charge in [0, 0.05) is 11.1 Å². The normalized spacial score (nSPS) is 9.38. The predicted molar refractivity (Wildman–Crippen MR) is 77.8 cm³/mol. The molecule has 2 aromatic rings. The Morgan fingerprint density at radius 3 is 2.57 bits per heavy atom. The van der Waals surface area contributed by atoms with Crippen LogP contribution in [-0.2, 0) is 6.61 Å². The van der Waals surface area contributed by atoms with E-state index in [9.17, 15) is 4.39 Å². The van der Waals surface area contributed by atoms with E-state index >= 15 is 0 Å². The lowest BCUT2D eigenvalue weighted by molar-refractivity contribution is 0.299. The van der Waals surface area contributed by atoms with Gasteiger partial charge in [0.1, 0.15) is 24.2 Å². The summed E-state index contributed by atoms with van der Waals surface area (Å²) in [4.78, 5) is 0. The van der Waals surface area contributed by atoms with E-state index in [0.29, 0.717) is 17.9 Å². The Morgan fingerprint density at radius 1 is 1.14 bits per heavy atom. The molecule has 0 aliphatic carbocycles. The summed E-state index contributed by atoms with van der Waals surface area (Å²) in [5.41, 5.74) is 6.50. The monoisotopic (exact) mass is 280 g/mol. The first-order valence-corrected chi connectivity index (χ1v) is 6.34. The number of nitrogens with zero attached hydrogens (tertiary/aromatic N) is 1. The fourth-order valence-electron chi connectivity index (χ4n) is 1.73. The van der Waals surface area contributed by atoms with E-state index < -0.39 is 5.82 Å². The van der Waals surface area contributed by atoms with Crippen LogP contribution in [0.3, 0.4) is 0 Å². The van der Waals surface area contributed by atoms with Crippen molar-refractivity contribution in [2.75, 3.05) is 6.54 Å². The molecule has 0 fully saturated rings. The van der Waals surface area contributed by atoms with Gasteiger partial charge in [-0.3, -0.25) is 0 Å². The first-order valence-electron chi connectivity index (χ1n) is 6.34. The molecule has 0 heterocycles. The molecule has 2 aromatic carbocycles. The second-order valence-electron chi connectivity index (χ2n) is 4.21. The van der Waals surface area contributed by atoms with Gasteiger partial charge < -0.3 is 10.5 Å². The van der Waals surface area contributed by atoms with Crippen molar-refractivity contribution in [2.45, 2.75) is 6.61 Å². The summed E-state index contributed by atoms with van der Waals surface area (Å²) in [7, 11) is 0. The van der Waals surface area contributed by atoms with Crippen LogP contribution in [0.2, 0.25) is 0 Å². The molecule has 3 nitrogen and oxygen atoms in total. The SMILES string of the molecule is N#Cc1cccc(COc2ccc(C#CCN)cc2)c1F. The number of benzene rings is 2. The van der Waals surface area contributed by atoms with Gasteiger partial charge >= 0.3 is 0 Å². The van der Waals surface area contributed by atoms with E-state index in [0.717, 1.165) is 5.56 Å². The lowest BCUT2D eigenvalue weighted by atomic mass is 10.1. The van der Waals surface area contributed by atoms with Crippen molar-refractivity contribution in [1.82, 2.24) is 0 Å². The van der Waals surface area contributed by atoms with E-state index in [2.05, 4.69) is 11.8 Å². The predicted octanol–water partition coefficient (Wildman–Crippen LogP) is 2.59. The Balaban J connectivity index is 2.05. The minimum Gasteiger partial charge on any atom is -0.489 e.